The van der Waals surface area contributed by atoms with Crippen molar-refractivity contribution in [3.8, 4) is 0 Å². The molecule has 0 radical (unpaired) electrons. The van der Waals surface area contributed by atoms with E-state index in [1.54, 1.807) is 0 Å². The Kier molecular flexibility index (Phi) is 3.49. The van der Waals surface area contributed by atoms with Crippen LogP contribution >= 0.6 is 0 Å². The third-order valence-corrected chi connectivity index (χ3v) is 2.43. The number of hydrogen-bond acceptors (Lipinski definition) is 3. The van der Waals surface area contributed by atoms with Gasteiger partial charge in [-0.25, -0.2) is 0 Å². The smallest absolute Gasteiger partial charge is 0.0422 e. The van der Waals surface area contributed by atoms with Gasteiger partial charge in [0.2, 0.25) is 0 Å². The SMILES string of the molecule is Cc1ccc(N(C)C)cc1[C@@H](N)CN. The summed E-state index contributed by atoms with van der Waals surface area (Å²) in [5.74, 6) is 0. The normalized spacial score (nSPS) is 12.6. The van der Waals surface area contributed by atoms with Gasteiger partial charge in [-0.15, -0.1) is 0 Å². The molecule has 14 heavy (non-hydrogen) atoms. The van der Waals surface area contributed by atoms with Crippen LogP contribution in [0, 0.1) is 6.92 Å². The quantitative estimate of drug-likeness (QED) is 0.753. The van der Waals surface area contributed by atoms with Crippen molar-refractivity contribution in [1.29, 1.82) is 0 Å². The number of hydrogen-bond donors (Lipinski definition) is 2. The van der Waals surface area contributed by atoms with Crippen LogP contribution in [0.25, 0.3) is 0 Å². The molecule has 1 aromatic carbocycles. The largest absolute Gasteiger partial charge is 0.378 e. The van der Waals surface area contributed by atoms with Crippen LogP contribution in [0.2, 0.25) is 0 Å². The molecule has 0 heterocycles. The van der Waals surface area contributed by atoms with E-state index in [4.69, 9.17) is 11.5 Å². The van der Waals surface area contributed by atoms with Gasteiger partial charge < -0.3 is 16.4 Å². The summed E-state index contributed by atoms with van der Waals surface area (Å²) >= 11 is 0. The second kappa shape index (κ2) is 4.44. The lowest BCUT2D eigenvalue weighted by Gasteiger charge is -2.18. The lowest BCUT2D eigenvalue weighted by molar-refractivity contribution is 0.731. The van der Waals surface area contributed by atoms with Crippen LogP contribution < -0.4 is 16.4 Å². The predicted octanol–water partition coefficient (Wildman–Crippen LogP) is 1.02. The molecule has 0 aliphatic heterocycles. The van der Waals surface area contributed by atoms with Crippen molar-refractivity contribution in [3.05, 3.63) is 29.3 Å². The Balaban J connectivity index is 3.08. The first-order chi connectivity index (χ1) is 6.56. The highest BCUT2D eigenvalue weighted by Crippen LogP contribution is 2.21. The standard InChI is InChI=1S/C11H19N3/c1-8-4-5-9(14(2)3)6-10(8)11(13)7-12/h4-6,11H,7,12-13H2,1-3H3/t11-/m0/s1. The number of rotatable bonds is 3. The maximum Gasteiger partial charge on any atom is 0.0422 e. The average Bonchev–Trinajstić information content (AvgIpc) is 2.17. The Morgan fingerprint density at radius 3 is 2.50 bits per heavy atom. The molecule has 0 amide bonds. The zero-order chi connectivity index (χ0) is 10.7. The molecule has 78 valence electrons. The number of nitrogens with two attached hydrogens (primary N) is 2. The van der Waals surface area contributed by atoms with Crippen molar-refractivity contribution in [2.45, 2.75) is 13.0 Å². The van der Waals surface area contributed by atoms with Crippen LogP contribution in [0.1, 0.15) is 17.2 Å². The molecular formula is C11H19N3. The van der Waals surface area contributed by atoms with E-state index in [9.17, 15) is 0 Å². The second-order valence-electron chi connectivity index (χ2n) is 3.78. The van der Waals surface area contributed by atoms with Gasteiger partial charge in [-0.3, -0.25) is 0 Å². The summed E-state index contributed by atoms with van der Waals surface area (Å²) in [6.07, 6.45) is 0. The highest BCUT2D eigenvalue weighted by molar-refractivity contribution is 5.50. The fraction of sp³-hybridized carbons (Fsp3) is 0.455. The van der Waals surface area contributed by atoms with Crippen molar-refractivity contribution in [2.75, 3.05) is 25.5 Å². The topological polar surface area (TPSA) is 55.3 Å². The van der Waals surface area contributed by atoms with Gasteiger partial charge in [-0.05, 0) is 30.2 Å². The molecule has 4 N–H and O–H groups in total. The number of anilines is 1. The summed E-state index contributed by atoms with van der Waals surface area (Å²) in [4.78, 5) is 2.06. The molecule has 0 saturated carbocycles. The summed E-state index contributed by atoms with van der Waals surface area (Å²) in [5.41, 5.74) is 15.0. The molecule has 0 aromatic heterocycles. The van der Waals surface area contributed by atoms with E-state index in [1.807, 2.05) is 14.1 Å². The Morgan fingerprint density at radius 1 is 1.36 bits per heavy atom. The van der Waals surface area contributed by atoms with Crippen LogP contribution in [0.3, 0.4) is 0 Å². The Labute approximate surface area is 85.7 Å². The molecule has 0 unspecified atom stereocenters. The first-order valence-corrected chi connectivity index (χ1v) is 4.79. The first-order valence-electron chi connectivity index (χ1n) is 4.79. The molecule has 0 aliphatic rings. The predicted molar refractivity (Wildman–Crippen MR) is 61.5 cm³/mol. The molecule has 0 spiro atoms. The maximum atomic E-state index is 5.92. The van der Waals surface area contributed by atoms with Gasteiger partial charge in [0.25, 0.3) is 0 Å². The molecule has 3 heteroatoms. The molecule has 0 fully saturated rings. The lowest BCUT2D eigenvalue weighted by Crippen LogP contribution is -2.22. The maximum absolute atomic E-state index is 5.92. The zero-order valence-corrected chi connectivity index (χ0v) is 9.12. The minimum absolute atomic E-state index is 0.0603. The van der Waals surface area contributed by atoms with Crippen LogP contribution in [-0.4, -0.2) is 20.6 Å². The lowest BCUT2D eigenvalue weighted by atomic mass is 10.0. The molecule has 0 bridgehead atoms. The zero-order valence-electron chi connectivity index (χ0n) is 9.12. The van der Waals surface area contributed by atoms with E-state index in [1.165, 1.54) is 5.56 Å². The van der Waals surface area contributed by atoms with Gasteiger partial charge in [0, 0.05) is 32.4 Å². The second-order valence-corrected chi connectivity index (χ2v) is 3.78. The van der Waals surface area contributed by atoms with Crippen molar-refractivity contribution in [3.63, 3.8) is 0 Å². The summed E-state index contributed by atoms with van der Waals surface area (Å²) in [6, 6.07) is 6.21. The van der Waals surface area contributed by atoms with E-state index in [-0.39, 0.29) is 6.04 Å². The van der Waals surface area contributed by atoms with Crippen LogP contribution in [0.5, 0.6) is 0 Å². The van der Waals surface area contributed by atoms with Crippen molar-refractivity contribution < 1.29 is 0 Å². The average molecular weight is 193 g/mol. The number of benzene rings is 1. The van der Waals surface area contributed by atoms with Gasteiger partial charge in [-0.1, -0.05) is 6.07 Å². The fourth-order valence-corrected chi connectivity index (χ4v) is 1.43. The molecule has 0 aliphatic carbocycles. The first kappa shape index (κ1) is 11.0. The van der Waals surface area contributed by atoms with E-state index < -0.39 is 0 Å². The Hall–Kier alpha value is -1.06. The highest BCUT2D eigenvalue weighted by Gasteiger charge is 2.08. The summed E-state index contributed by atoms with van der Waals surface area (Å²) in [5, 5.41) is 0. The summed E-state index contributed by atoms with van der Waals surface area (Å²) < 4.78 is 0. The van der Waals surface area contributed by atoms with Gasteiger partial charge in [0.1, 0.15) is 0 Å². The Bertz CT molecular complexity index is 307. The van der Waals surface area contributed by atoms with Gasteiger partial charge >= 0.3 is 0 Å². The fourth-order valence-electron chi connectivity index (χ4n) is 1.43. The highest BCUT2D eigenvalue weighted by atomic mass is 15.1. The van der Waals surface area contributed by atoms with Gasteiger partial charge in [-0.2, -0.15) is 0 Å². The monoisotopic (exact) mass is 193 g/mol. The van der Waals surface area contributed by atoms with Crippen LogP contribution in [-0.2, 0) is 0 Å². The van der Waals surface area contributed by atoms with Crippen LogP contribution in [0.15, 0.2) is 18.2 Å². The summed E-state index contributed by atoms with van der Waals surface area (Å²) in [6.45, 7) is 2.54. The number of aryl methyl sites for hydroxylation is 1. The summed E-state index contributed by atoms with van der Waals surface area (Å²) in [7, 11) is 4.03. The van der Waals surface area contributed by atoms with E-state index in [0.29, 0.717) is 6.54 Å². The minimum Gasteiger partial charge on any atom is -0.378 e. The van der Waals surface area contributed by atoms with E-state index in [2.05, 4.69) is 30.0 Å². The number of nitrogens with zero attached hydrogens (tertiary/aromatic N) is 1. The molecule has 1 rings (SSSR count). The van der Waals surface area contributed by atoms with Gasteiger partial charge in [0.05, 0.1) is 0 Å². The molecule has 1 atom stereocenters. The third-order valence-electron chi connectivity index (χ3n) is 2.43. The van der Waals surface area contributed by atoms with E-state index in [0.717, 1.165) is 11.3 Å². The third kappa shape index (κ3) is 2.25. The van der Waals surface area contributed by atoms with Crippen molar-refractivity contribution in [2.24, 2.45) is 11.5 Å². The minimum atomic E-state index is -0.0603. The molecular weight excluding hydrogens is 174 g/mol. The molecule has 3 nitrogen and oxygen atoms in total. The Morgan fingerprint density at radius 2 is 2.00 bits per heavy atom. The van der Waals surface area contributed by atoms with Gasteiger partial charge in [0.15, 0.2) is 0 Å². The van der Waals surface area contributed by atoms with Crippen molar-refractivity contribution in [1.82, 2.24) is 0 Å². The van der Waals surface area contributed by atoms with Crippen molar-refractivity contribution >= 4 is 5.69 Å². The van der Waals surface area contributed by atoms with E-state index >= 15 is 0 Å². The molecule has 1 aromatic rings. The molecule has 0 saturated heterocycles. The van der Waals surface area contributed by atoms with Crippen LogP contribution in [0.4, 0.5) is 5.69 Å².